The first-order valence-electron chi connectivity index (χ1n) is 9.59. The molecule has 5 rings (SSSR count). The number of hydrogen-bond acceptors (Lipinski definition) is 4. The van der Waals surface area contributed by atoms with E-state index in [1.165, 1.54) is 0 Å². The second-order valence-corrected chi connectivity index (χ2v) is 8.34. The zero-order valence-corrected chi connectivity index (χ0v) is 16.5. The summed E-state index contributed by atoms with van der Waals surface area (Å²) in [6.45, 7) is 8.24. The van der Waals surface area contributed by atoms with Gasteiger partial charge in [-0.2, -0.15) is 0 Å². The highest BCUT2D eigenvalue weighted by Gasteiger charge is 2.52. The molecule has 4 aromatic rings. The van der Waals surface area contributed by atoms with Crippen molar-refractivity contribution >= 4 is 34.5 Å². The molecule has 0 bridgehead atoms. The summed E-state index contributed by atoms with van der Waals surface area (Å²) < 4.78 is 18.9. The Balaban J connectivity index is 1.75. The summed E-state index contributed by atoms with van der Waals surface area (Å²) in [7, 11) is -0.495. The van der Waals surface area contributed by atoms with Gasteiger partial charge in [0.2, 0.25) is 5.89 Å². The van der Waals surface area contributed by atoms with E-state index in [-0.39, 0.29) is 0 Å². The van der Waals surface area contributed by atoms with Gasteiger partial charge in [-0.25, -0.2) is 4.98 Å². The van der Waals surface area contributed by atoms with E-state index in [4.69, 9.17) is 18.7 Å². The number of nitrogens with zero attached hydrogens (tertiary/aromatic N) is 1. The van der Waals surface area contributed by atoms with Crippen LogP contribution < -0.4 is 5.46 Å². The molecule has 0 unspecified atom stereocenters. The quantitative estimate of drug-likeness (QED) is 0.468. The zero-order valence-electron chi connectivity index (χ0n) is 16.5. The van der Waals surface area contributed by atoms with Crippen LogP contribution in [0.15, 0.2) is 65.1 Å². The van der Waals surface area contributed by atoms with Crippen LogP contribution in [-0.2, 0) is 9.31 Å². The molecule has 0 radical (unpaired) electrons. The van der Waals surface area contributed by atoms with Gasteiger partial charge in [-0.1, -0.05) is 48.5 Å². The van der Waals surface area contributed by atoms with Gasteiger partial charge in [0.1, 0.15) is 5.52 Å². The van der Waals surface area contributed by atoms with Crippen molar-refractivity contribution in [3.63, 3.8) is 0 Å². The van der Waals surface area contributed by atoms with Gasteiger partial charge in [0.25, 0.3) is 0 Å². The van der Waals surface area contributed by atoms with E-state index in [1.807, 2.05) is 42.5 Å². The van der Waals surface area contributed by atoms with E-state index in [0.29, 0.717) is 5.89 Å². The lowest BCUT2D eigenvalue weighted by Gasteiger charge is -2.32. The minimum Gasteiger partial charge on any atom is -0.435 e. The van der Waals surface area contributed by atoms with Crippen molar-refractivity contribution in [1.29, 1.82) is 0 Å². The Bertz CT molecular complexity index is 1160. The first-order valence-corrected chi connectivity index (χ1v) is 9.59. The molecule has 1 fully saturated rings. The van der Waals surface area contributed by atoms with Crippen LogP contribution in [0.3, 0.4) is 0 Å². The van der Waals surface area contributed by atoms with Crippen LogP contribution >= 0.6 is 0 Å². The maximum atomic E-state index is 6.32. The fourth-order valence-electron chi connectivity index (χ4n) is 3.62. The molecule has 2 heterocycles. The topological polar surface area (TPSA) is 44.5 Å². The monoisotopic (exact) mass is 371 g/mol. The predicted molar refractivity (Wildman–Crippen MR) is 113 cm³/mol. The van der Waals surface area contributed by atoms with Crippen LogP contribution in [0.1, 0.15) is 27.7 Å². The maximum absolute atomic E-state index is 6.32. The summed E-state index contributed by atoms with van der Waals surface area (Å²) in [6, 6.07) is 20.2. The average molecular weight is 371 g/mol. The number of fused-ring (bicyclic) bond motifs is 3. The molecule has 0 saturated carbocycles. The SMILES string of the molecule is CC1(C)OB(c2cc3ccccc3c3oc(-c4ccccc4)nc23)OC1(C)C. The molecule has 0 N–H and O–H groups in total. The Hall–Kier alpha value is -2.63. The molecule has 5 heteroatoms. The van der Waals surface area contributed by atoms with E-state index in [0.717, 1.165) is 32.9 Å². The van der Waals surface area contributed by atoms with E-state index in [1.54, 1.807) is 0 Å². The molecule has 1 aliphatic rings. The molecule has 1 aromatic heterocycles. The maximum Gasteiger partial charge on any atom is 0.497 e. The fraction of sp³-hybridized carbons (Fsp3) is 0.261. The Kier molecular flexibility index (Phi) is 3.70. The molecule has 4 nitrogen and oxygen atoms in total. The highest BCUT2D eigenvalue weighted by Crippen LogP contribution is 2.38. The van der Waals surface area contributed by atoms with Gasteiger partial charge in [-0.15, -0.1) is 0 Å². The molecule has 0 amide bonds. The van der Waals surface area contributed by atoms with Gasteiger partial charge in [0.15, 0.2) is 5.58 Å². The molecule has 0 aliphatic carbocycles. The lowest BCUT2D eigenvalue weighted by Crippen LogP contribution is -2.41. The standard InChI is InChI=1S/C23H22BNO3/c1-22(2)23(3,4)28-24(27-22)18-14-16-12-8-9-13-17(16)20-19(18)25-21(26-20)15-10-6-5-7-11-15/h5-14H,1-4H3. The van der Waals surface area contributed by atoms with Crippen molar-refractivity contribution in [1.82, 2.24) is 4.98 Å². The minimum atomic E-state index is -0.495. The Morgan fingerprint density at radius 1 is 0.821 bits per heavy atom. The van der Waals surface area contributed by atoms with E-state index in [9.17, 15) is 0 Å². The van der Waals surface area contributed by atoms with Crippen molar-refractivity contribution < 1.29 is 13.7 Å². The summed E-state index contributed by atoms with van der Waals surface area (Å²) in [5.74, 6) is 0.602. The molecular weight excluding hydrogens is 349 g/mol. The third kappa shape index (κ3) is 2.58. The number of hydrogen-bond donors (Lipinski definition) is 0. The number of benzene rings is 3. The van der Waals surface area contributed by atoms with Gasteiger partial charge >= 0.3 is 7.12 Å². The predicted octanol–water partition coefficient (Wildman–Crippen LogP) is 4.95. The average Bonchev–Trinajstić information content (AvgIpc) is 3.21. The van der Waals surface area contributed by atoms with Crippen molar-refractivity contribution in [2.24, 2.45) is 0 Å². The van der Waals surface area contributed by atoms with Gasteiger partial charge in [0, 0.05) is 16.4 Å². The van der Waals surface area contributed by atoms with Crippen LogP contribution in [0.2, 0.25) is 0 Å². The normalized spacial score (nSPS) is 18.2. The summed E-state index contributed by atoms with van der Waals surface area (Å²) in [5.41, 5.74) is 2.57. The molecule has 3 aromatic carbocycles. The summed E-state index contributed by atoms with van der Waals surface area (Å²) in [4.78, 5) is 4.85. The smallest absolute Gasteiger partial charge is 0.435 e. The zero-order chi connectivity index (χ0) is 19.5. The summed E-state index contributed by atoms with van der Waals surface area (Å²) in [5, 5.41) is 2.11. The van der Waals surface area contributed by atoms with Crippen molar-refractivity contribution in [2.45, 2.75) is 38.9 Å². The molecule has 1 saturated heterocycles. The molecule has 0 spiro atoms. The molecule has 140 valence electrons. The lowest BCUT2D eigenvalue weighted by atomic mass is 9.77. The molecular formula is C23H22BNO3. The van der Waals surface area contributed by atoms with E-state index in [2.05, 4.69) is 45.9 Å². The van der Waals surface area contributed by atoms with Crippen LogP contribution in [0.5, 0.6) is 0 Å². The van der Waals surface area contributed by atoms with E-state index >= 15 is 0 Å². The summed E-state index contributed by atoms with van der Waals surface area (Å²) in [6.07, 6.45) is 0. The number of rotatable bonds is 2. The van der Waals surface area contributed by atoms with Crippen LogP contribution in [0, 0.1) is 0 Å². The minimum absolute atomic E-state index is 0.415. The molecule has 0 atom stereocenters. The number of aromatic nitrogens is 1. The van der Waals surface area contributed by atoms with Gasteiger partial charge in [-0.3, -0.25) is 0 Å². The first kappa shape index (κ1) is 17.5. The third-order valence-electron chi connectivity index (χ3n) is 5.94. The van der Waals surface area contributed by atoms with E-state index < -0.39 is 18.3 Å². The third-order valence-corrected chi connectivity index (χ3v) is 5.94. The van der Waals surface area contributed by atoms with Crippen LogP contribution in [0.4, 0.5) is 0 Å². The molecule has 1 aliphatic heterocycles. The second-order valence-electron chi connectivity index (χ2n) is 8.34. The van der Waals surface area contributed by atoms with Crippen LogP contribution in [-0.4, -0.2) is 23.3 Å². The fourth-order valence-corrected chi connectivity index (χ4v) is 3.62. The van der Waals surface area contributed by atoms with Crippen molar-refractivity contribution in [3.8, 4) is 11.5 Å². The van der Waals surface area contributed by atoms with Crippen molar-refractivity contribution in [2.75, 3.05) is 0 Å². The van der Waals surface area contributed by atoms with Gasteiger partial charge in [-0.05, 0) is 45.2 Å². The highest BCUT2D eigenvalue weighted by atomic mass is 16.7. The second kappa shape index (κ2) is 5.93. The number of oxazole rings is 1. The highest BCUT2D eigenvalue weighted by molar-refractivity contribution is 6.65. The Morgan fingerprint density at radius 3 is 2.18 bits per heavy atom. The van der Waals surface area contributed by atoms with Gasteiger partial charge < -0.3 is 13.7 Å². The molecule has 28 heavy (non-hydrogen) atoms. The van der Waals surface area contributed by atoms with Gasteiger partial charge in [0.05, 0.1) is 11.2 Å². The first-order chi connectivity index (χ1) is 13.4. The largest absolute Gasteiger partial charge is 0.497 e. The van der Waals surface area contributed by atoms with Crippen LogP contribution in [0.25, 0.3) is 33.3 Å². The Morgan fingerprint density at radius 2 is 1.46 bits per heavy atom. The Labute approximate surface area is 164 Å². The lowest BCUT2D eigenvalue weighted by molar-refractivity contribution is 0.00578. The summed E-state index contributed by atoms with van der Waals surface area (Å²) >= 11 is 0. The van der Waals surface area contributed by atoms with Crippen molar-refractivity contribution in [3.05, 3.63) is 60.7 Å².